The van der Waals surface area contributed by atoms with Gasteiger partial charge in [0.05, 0.1) is 24.3 Å². The largest absolute Gasteiger partial charge is 0.527 e. The highest BCUT2D eigenvalue weighted by atomic mass is 32.1. The van der Waals surface area contributed by atoms with Gasteiger partial charge in [0.25, 0.3) is 0 Å². The first kappa shape index (κ1) is 38.3. The number of carbonyl (C=O) groups is 2. The van der Waals surface area contributed by atoms with Gasteiger partial charge >= 0.3 is 13.8 Å². The van der Waals surface area contributed by atoms with Crippen LogP contribution in [0.2, 0.25) is 0 Å². The number of amides is 1. The topological polar surface area (TPSA) is 140 Å². The summed E-state index contributed by atoms with van der Waals surface area (Å²) in [5.41, 5.74) is 4.94. The predicted molar refractivity (Wildman–Crippen MR) is 202 cm³/mol. The number of carbonyl (C=O) groups excluding carboxylic acids is 2. The molecule has 1 aromatic heterocycles. The fraction of sp³-hybridized carbons (Fsp3) is 0.200. The molecule has 0 unspecified atom stereocenters. The molecule has 276 valence electrons. The van der Waals surface area contributed by atoms with E-state index in [-0.39, 0.29) is 59.0 Å². The Bertz CT molecular complexity index is 2260. The van der Waals surface area contributed by atoms with Crippen molar-refractivity contribution in [3.8, 4) is 28.5 Å². The third-order valence-corrected chi connectivity index (χ3v) is 11.2. The number of halogens is 1. The van der Waals surface area contributed by atoms with E-state index in [1.165, 1.54) is 12.1 Å². The summed E-state index contributed by atoms with van der Waals surface area (Å²) in [6, 6.07) is 31.8. The van der Waals surface area contributed by atoms with E-state index in [0.717, 1.165) is 39.4 Å². The average molecular weight is 768 g/mol. The molecule has 1 aliphatic carbocycles. The Morgan fingerprint density at radius 2 is 1.50 bits per heavy atom. The molecule has 0 aliphatic heterocycles. The van der Waals surface area contributed by atoms with E-state index in [1.54, 1.807) is 38.1 Å². The van der Waals surface area contributed by atoms with Gasteiger partial charge in [-0.05, 0) is 65.9 Å². The number of benzene rings is 4. The maximum absolute atomic E-state index is 14.2. The van der Waals surface area contributed by atoms with Crippen LogP contribution in [0.5, 0.6) is 0 Å². The van der Waals surface area contributed by atoms with Crippen LogP contribution in [0.25, 0.3) is 22.5 Å². The molecule has 5 aromatic rings. The van der Waals surface area contributed by atoms with E-state index in [4.69, 9.17) is 35.3 Å². The Morgan fingerprint density at radius 1 is 0.907 bits per heavy atom. The molecule has 0 fully saturated rings. The van der Waals surface area contributed by atoms with Gasteiger partial charge in [-0.1, -0.05) is 91.1 Å². The summed E-state index contributed by atoms with van der Waals surface area (Å²) in [4.78, 5) is 32.7. The number of rotatable bonds is 14. The fourth-order valence-corrected chi connectivity index (χ4v) is 8.52. The van der Waals surface area contributed by atoms with Crippen LogP contribution in [-0.4, -0.2) is 43.5 Å². The summed E-state index contributed by atoms with van der Waals surface area (Å²) in [5.74, 6) is -2.08. The molecule has 54 heavy (non-hydrogen) atoms. The van der Waals surface area contributed by atoms with E-state index in [2.05, 4.69) is 5.32 Å². The molecule has 0 atom stereocenters. The van der Waals surface area contributed by atoms with Crippen molar-refractivity contribution in [2.24, 2.45) is 0 Å². The number of nitriles is 1. The predicted octanol–water partition coefficient (Wildman–Crippen LogP) is 8.90. The van der Waals surface area contributed by atoms with Crippen LogP contribution >= 0.6 is 19.8 Å². The van der Waals surface area contributed by atoms with Crippen molar-refractivity contribution in [1.29, 1.82) is 5.26 Å². The van der Waals surface area contributed by atoms with E-state index in [9.17, 15) is 23.8 Å². The van der Waals surface area contributed by atoms with E-state index in [1.807, 2.05) is 60.7 Å². The molecule has 0 spiro atoms. The van der Waals surface area contributed by atoms with Crippen molar-refractivity contribution in [2.75, 3.05) is 31.7 Å². The third-order valence-electron chi connectivity index (χ3n) is 8.49. The van der Waals surface area contributed by atoms with Gasteiger partial charge in [0.2, 0.25) is 11.8 Å². The Balaban J connectivity index is 1.28. The van der Waals surface area contributed by atoms with Crippen molar-refractivity contribution in [1.82, 2.24) is 5.06 Å². The molecule has 6 rings (SSSR count). The second-order valence-corrected chi connectivity index (χ2v) is 14.3. The number of ether oxygens (including phenoxy) is 1. The molecule has 11 nitrogen and oxygen atoms in total. The number of nitrogens with one attached hydrogen (secondary N) is 1. The van der Waals surface area contributed by atoms with Crippen molar-refractivity contribution in [2.45, 2.75) is 26.3 Å². The number of fused-ring (bicyclic) bond motifs is 3. The molecule has 14 heteroatoms. The summed E-state index contributed by atoms with van der Waals surface area (Å²) in [6.45, 7) is 2.46. The molecule has 1 aliphatic rings. The minimum Gasteiger partial charge on any atom is -0.438 e. The molecule has 1 heterocycles. The van der Waals surface area contributed by atoms with Crippen molar-refractivity contribution in [3.05, 3.63) is 136 Å². The maximum Gasteiger partial charge on any atom is 0.527 e. The van der Waals surface area contributed by atoms with E-state index >= 15 is 0 Å². The van der Waals surface area contributed by atoms with Gasteiger partial charge in [0.1, 0.15) is 35.9 Å². The lowest BCUT2D eigenvalue weighted by molar-refractivity contribution is -0.148. The van der Waals surface area contributed by atoms with Gasteiger partial charge in [-0.3, -0.25) is 14.7 Å². The first-order valence-corrected chi connectivity index (χ1v) is 19.0. The molecular formula is C40H35FN3O8PS. The van der Waals surface area contributed by atoms with E-state index < -0.39 is 37.9 Å². The van der Waals surface area contributed by atoms with Gasteiger partial charge in [-0.25, -0.2) is 9.18 Å². The van der Waals surface area contributed by atoms with Gasteiger partial charge < -0.3 is 23.0 Å². The Morgan fingerprint density at radius 3 is 2.09 bits per heavy atom. The molecule has 0 saturated heterocycles. The molecule has 0 saturated carbocycles. The number of hydroxylamine groups is 2. The van der Waals surface area contributed by atoms with Crippen LogP contribution in [-0.2, 0) is 34.5 Å². The minimum atomic E-state index is -4.28. The summed E-state index contributed by atoms with van der Waals surface area (Å²) in [5, 5.41) is 13.4. The molecule has 4 aromatic carbocycles. The SMILES string of the molecule is CCOP(=O)(OCC)c1c(NC(=O)CN(Cc2ccccc2)OC(=O)OCC2c3ccccc3-c3ccccc32)oc(-c2ccc(F)cc2)c(C#N)c1=S. The highest BCUT2D eigenvalue weighted by molar-refractivity contribution is 7.73. The number of nitrogens with zero attached hydrogens (tertiary/aromatic N) is 2. The second-order valence-electron chi connectivity index (χ2n) is 12.0. The number of hydrogen-bond acceptors (Lipinski definition) is 11. The Hall–Kier alpha value is -5.48. The van der Waals surface area contributed by atoms with Crippen LogP contribution in [0.1, 0.15) is 42.0 Å². The zero-order valence-electron chi connectivity index (χ0n) is 29.3. The molecular weight excluding hydrogens is 732 g/mol. The summed E-state index contributed by atoms with van der Waals surface area (Å²) < 4.78 is 50.5. The maximum atomic E-state index is 14.2. The smallest absolute Gasteiger partial charge is 0.438 e. The van der Waals surface area contributed by atoms with E-state index in [0.29, 0.717) is 5.56 Å². The Kier molecular flexibility index (Phi) is 12.1. The minimum absolute atomic E-state index is 0.0103. The first-order valence-electron chi connectivity index (χ1n) is 17.0. The standard InChI is InChI=1S/C40H35FN3O8PS/c1-3-49-53(47,50-4-2)37-38(54)33(22-42)36(27-18-20-28(41)21-19-27)51-39(37)43-35(45)24-44(23-26-12-6-5-7-13-26)52-40(46)48-25-34-31-16-10-8-14-29(31)30-15-9-11-17-32(30)34/h5-21,34H,3-4,23-25H2,1-2H3,(H,43,45). The van der Waals surface area contributed by atoms with Gasteiger partial charge in [-0.2, -0.15) is 5.26 Å². The second kappa shape index (κ2) is 17.1. The monoisotopic (exact) mass is 767 g/mol. The lowest BCUT2D eigenvalue weighted by Crippen LogP contribution is -2.36. The van der Waals surface area contributed by atoms with Crippen LogP contribution in [0.15, 0.2) is 108 Å². The van der Waals surface area contributed by atoms with Crippen LogP contribution < -0.4 is 10.6 Å². The first-order chi connectivity index (χ1) is 26.1. The van der Waals surface area contributed by atoms with Gasteiger partial charge in [-0.15, -0.1) is 5.06 Å². The average Bonchev–Trinajstić information content (AvgIpc) is 3.48. The number of anilines is 1. The highest BCUT2D eigenvalue weighted by Gasteiger charge is 2.37. The fourth-order valence-electron chi connectivity index (χ4n) is 6.23. The third kappa shape index (κ3) is 8.34. The molecule has 1 N–H and O–H groups in total. The van der Waals surface area contributed by atoms with Gasteiger partial charge in [0, 0.05) is 11.5 Å². The van der Waals surface area contributed by atoms with Gasteiger partial charge in [0.15, 0.2) is 5.76 Å². The zero-order chi connectivity index (χ0) is 38.2. The zero-order valence-corrected chi connectivity index (χ0v) is 31.0. The lowest BCUT2D eigenvalue weighted by Gasteiger charge is -2.23. The quantitative estimate of drug-likeness (QED) is 0.0501. The van der Waals surface area contributed by atoms with Crippen LogP contribution in [0.4, 0.5) is 15.1 Å². The number of hydrogen-bond donors (Lipinski definition) is 1. The van der Waals surface area contributed by atoms with Crippen molar-refractivity contribution < 1.29 is 41.6 Å². The lowest BCUT2D eigenvalue weighted by atomic mass is 9.98. The van der Waals surface area contributed by atoms with Crippen molar-refractivity contribution >= 4 is 43.1 Å². The molecule has 1 amide bonds. The van der Waals surface area contributed by atoms with Crippen LogP contribution in [0.3, 0.4) is 0 Å². The summed E-state index contributed by atoms with van der Waals surface area (Å²) in [6.07, 6.45) is -1.03. The highest BCUT2D eigenvalue weighted by Crippen LogP contribution is 2.50. The molecule has 0 radical (unpaired) electrons. The Labute approximate surface area is 316 Å². The van der Waals surface area contributed by atoms with Crippen LogP contribution in [0, 0.1) is 21.7 Å². The normalized spacial score (nSPS) is 12.1. The summed E-state index contributed by atoms with van der Waals surface area (Å²) >= 11 is 5.64. The summed E-state index contributed by atoms with van der Waals surface area (Å²) in [7, 11) is -4.28. The molecule has 0 bridgehead atoms. The van der Waals surface area contributed by atoms with Crippen molar-refractivity contribution in [3.63, 3.8) is 0 Å².